The highest BCUT2D eigenvalue weighted by Gasteiger charge is 2.17. The molecule has 62 valence electrons. The number of nitrogens with one attached hydrogen (secondary N) is 1. The standard InChI is InChI=1S/C12H9N/c13-11-7-9-5-1-3-8-4-2-6-10(11)12(8)9/h1-6,13H,7H2. The summed E-state index contributed by atoms with van der Waals surface area (Å²) in [4.78, 5) is 0. The second-order valence-corrected chi connectivity index (χ2v) is 3.48. The second-order valence-electron chi connectivity index (χ2n) is 3.48. The molecule has 0 atom stereocenters. The van der Waals surface area contributed by atoms with Gasteiger partial charge in [-0.25, -0.2) is 0 Å². The molecule has 0 saturated carbocycles. The SMILES string of the molecule is N=C1Cc2cccc3cccc1c23. The molecule has 2 aromatic rings. The third-order valence-corrected chi connectivity index (χ3v) is 2.68. The lowest BCUT2D eigenvalue weighted by atomic mass is 10.1. The van der Waals surface area contributed by atoms with Crippen LogP contribution in [0.5, 0.6) is 0 Å². The molecule has 3 rings (SSSR count). The molecule has 0 aliphatic heterocycles. The molecular formula is C12H9N. The lowest BCUT2D eigenvalue weighted by molar-refractivity contribution is 1.35. The Morgan fingerprint density at radius 3 is 2.62 bits per heavy atom. The van der Waals surface area contributed by atoms with Crippen molar-refractivity contribution in [1.29, 1.82) is 5.41 Å². The van der Waals surface area contributed by atoms with Crippen LogP contribution in [0.4, 0.5) is 0 Å². The van der Waals surface area contributed by atoms with Gasteiger partial charge in [-0.15, -0.1) is 0 Å². The number of benzene rings is 2. The first-order valence-corrected chi connectivity index (χ1v) is 4.45. The van der Waals surface area contributed by atoms with Crippen LogP contribution in [-0.4, -0.2) is 5.71 Å². The summed E-state index contributed by atoms with van der Waals surface area (Å²) < 4.78 is 0. The molecule has 0 amide bonds. The molecule has 0 aromatic heterocycles. The van der Waals surface area contributed by atoms with E-state index in [0.717, 1.165) is 17.7 Å². The summed E-state index contributed by atoms with van der Waals surface area (Å²) in [6.45, 7) is 0. The van der Waals surface area contributed by atoms with E-state index in [-0.39, 0.29) is 0 Å². The summed E-state index contributed by atoms with van der Waals surface area (Å²) in [7, 11) is 0. The Kier molecular flexibility index (Phi) is 1.15. The normalized spacial score (nSPS) is 14.0. The Morgan fingerprint density at radius 2 is 1.77 bits per heavy atom. The zero-order chi connectivity index (χ0) is 8.84. The van der Waals surface area contributed by atoms with Crippen LogP contribution in [0.3, 0.4) is 0 Å². The van der Waals surface area contributed by atoms with Crippen molar-refractivity contribution in [2.45, 2.75) is 6.42 Å². The lowest BCUT2D eigenvalue weighted by Gasteiger charge is -1.98. The van der Waals surface area contributed by atoms with E-state index in [1.54, 1.807) is 0 Å². The molecule has 13 heavy (non-hydrogen) atoms. The van der Waals surface area contributed by atoms with Gasteiger partial charge in [-0.2, -0.15) is 0 Å². The topological polar surface area (TPSA) is 23.9 Å². The van der Waals surface area contributed by atoms with Gasteiger partial charge in [-0.1, -0.05) is 36.4 Å². The Labute approximate surface area is 76.5 Å². The molecule has 0 fully saturated rings. The maximum absolute atomic E-state index is 7.82. The van der Waals surface area contributed by atoms with E-state index in [2.05, 4.69) is 24.3 Å². The molecule has 2 aromatic carbocycles. The summed E-state index contributed by atoms with van der Waals surface area (Å²) in [6, 6.07) is 12.5. The van der Waals surface area contributed by atoms with E-state index in [4.69, 9.17) is 5.41 Å². The average Bonchev–Trinajstić information content (AvgIpc) is 2.47. The van der Waals surface area contributed by atoms with Gasteiger partial charge in [0.05, 0.1) is 0 Å². The lowest BCUT2D eigenvalue weighted by Crippen LogP contribution is -1.93. The molecule has 1 heteroatoms. The van der Waals surface area contributed by atoms with Crippen molar-refractivity contribution in [1.82, 2.24) is 0 Å². The number of hydrogen-bond donors (Lipinski definition) is 1. The van der Waals surface area contributed by atoms with Crippen molar-refractivity contribution in [3.63, 3.8) is 0 Å². The van der Waals surface area contributed by atoms with Gasteiger partial charge in [-0.3, -0.25) is 0 Å². The Bertz CT molecular complexity index is 506. The molecule has 1 N–H and O–H groups in total. The van der Waals surface area contributed by atoms with Gasteiger partial charge in [0.25, 0.3) is 0 Å². The number of hydrogen-bond acceptors (Lipinski definition) is 1. The van der Waals surface area contributed by atoms with Crippen molar-refractivity contribution in [2.24, 2.45) is 0 Å². The molecule has 1 aliphatic rings. The first kappa shape index (κ1) is 6.84. The van der Waals surface area contributed by atoms with Crippen LogP contribution < -0.4 is 0 Å². The van der Waals surface area contributed by atoms with E-state index >= 15 is 0 Å². The van der Waals surface area contributed by atoms with E-state index in [1.165, 1.54) is 16.3 Å². The van der Waals surface area contributed by atoms with E-state index < -0.39 is 0 Å². The highest BCUT2D eigenvalue weighted by Crippen LogP contribution is 2.29. The quantitative estimate of drug-likeness (QED) is 0.623. The first-order chi connectivity index (χ1) is 6.36. The second kappa shape index (κ2) is 2.19. The van der Waals surface area contributed by atoms with Crippen LogP contribution >= 0.6 is 0 Å². The van der Waals surface area contributed by atoms with Gasteiger partial charge < -0.3 is 5.41 Å². The maximum atomic E-state index is 7.82. The van der Waals surface area contributed by atoms with Crippen LogP contribution in [0, 0.1) is 5.41 Å². The number of rotatable bonds is 0. The molecule has 1 nitrogen and oxygen atoms in total. The average molecular weight is 167 g/mol. The molecule has 1 aliphatic carbocycles. The molecule has 0 unspecified atom stereocenters. The van der Waals surface area contributed by atoms with Crippen molar-refractivity contribution >= 4 is 16.5 Å². The van der Waals surface area contributed by atoms with Gasteiger partial charge in [0.15, 0.2) is 0 Å². The Hall–Kier alpha value is -1.63. The summed E-state index contributed by atoms with van der Waals surface area (Å²) in [6.07, 6.45) is 0.802. The van der Waals surface area contributed by atoms with Crippen LogP contribution in [-0.2, 0) is 6.42 Å². The fourth-order valence-electron chi connectivity index (χ4n) is 2.10. The molecular weight excluding hydrogens is 158 g/mol. The third-order valence-electron chi connectivity index (χ3n) is 2.68. The summed E-state index contributed by atoms with van der Waals surface area (Å²) in [5.41, 5.74) is 3.18. The maximum Gasteiger partial charge on any atom is 0.0436 e. The predicted octanol–water partition coefficient (Wildman–Crippen LogP) is 2.76. The third kappa shape index (κ3) is 0.788. The zero-order valence-corrected chi connectivity index (χ0v) is 7.17. The zero-order valence-electron chi connectivity index (χ0n) is 7.17. The van der Waals surface area contributed by atoms with Crippen LogP contribution in [0.1, 0.15) is 11.1 Å². The molecule has 0 bridgehead atoms. The Balaban J connectivity index is 2.58. The van der Waals surface area contributed by atoms with Crippen molar-refractivity contribution in [3.8, 4) is 0 Å². The van der Waals surface area contributed by atoms with Crippen molar-refractivity contribution in [2.75, 3.05) is 0 Å². The molecule has 0 saturated heterocycles. The van der Waals surface area contributed by atoms with Gasteiger partial charge in [-0.05, 0) is 16.3 Å². The minimum Gasteiger partial charge on any atom is -0.304 e. The van der Waals surface area contributed by atoms with Crippen LogP contribution in [0.25, 0.3) is 10.8 Å². The highest BCUT2D eigenvalue weighted by molar-refractivity contribution is 6.16. The monoisotopic (exact) mass is 167 g/mol. The summed E-state index contributed by atoms with van der Waals surface area (Å²) >= 11 is 0. The summed E-state index contributed by atoms with van der Waals surface area (Å²) in [5.74, 6) is 0. The molecule has 0 spiro atoms. The fourth-order valence-corrected chi connectivity index (χ4v) is 2.10. The van der Waals surface area contributed by atoms with Gasteiger partial charge in [0.2, 0.25) is 0 Å². The minimum absolute atomic E-state index is 0.756. The smallest absolute Gasteiger partial charge is 0.0436 e. The van der Waals surface area contributed by atoms with Crippen LogP contribution in [0.15, 0.2) is 36.4 Å². The van der Waals surface area contributed by atoms with Crippen LogP contribution in [0.2, 0.25) is 0 Å². The Morgan fingerprint density at radius 1 is 1.00 bits per heavy atom. The minimum atomic E-state index is 0.756. The van der Waals surface area contributed by atoms with E-state index in [1.807, 2.05) is 12.1 Å². The van der Waals surface area contributed by atoms with E-state index in [9.17, 15) is 0 Å². The predicted molar refractivity (Wildman–Crippen MR) is 54.5 cm³/mol. The van der Waals surface area contributed by atoms with E-state index in [0.29, 0.717) is 0 Å². The van der Waals surface area contributed by atoms with Crippen molar-refractivity contribution in [3.05, 3.63) is 47.5 Å². The van der Waals surface area contributed by atoms with Gasteiger partial charge in [0.1, 0.15) is 0 Å². The molecule has 0 radical (unpaired) electrons. The largest absolute Gasteiger partial charge is 0.304 e. The van der Waals surface area contributed by atoms with Gasteiger partial charge >= 0.3 is 0 Å². The summed E-state index contributed by atoms with van der Waals surface area (Å²) in [5, 5.41) is 10.4. The molecule has 0 heterocycles. The van der Waals surface area contributed by atoms with Crippen molar-refractivity contribution < 1.29 is 0 Å². The fraction of sp³-hybridized carbons (Fsp3) is 0.0833. The highest BCUT2D eigenvalue weighted by atomic mass is 14.4. The first-order valence-electron chi connectivity index (χ1n) is 4.45. The van der Waals surface area contributed by atoms with Gasteiger partial charge in [0, 0.05) is 17.7 Å².